The molecule has 2 heterocycles. The van der Waals surface area contributed by atoms with E-state index in [2.05, 4.69) is 31.3 Å². The van der Waals surface area contributed by atoms with Gasteiger partial charge in [0.1, 0.15) is 0 Å². The molecule has 2 rings (SSSR count). The lowest BCUT2D eigenvalue weighted by atomic mass is 10.3. The predicted octanol–water partition coefficient (Wildman–Crippen LogP) is 1.91. The zero-order valence-corrected chi connectivity index (χ0v) is 11.3. The van der Waals surface area contributed by atoms with Crippen LogP contribution in [0.1, 0.15) is 11.4 Å². The molecule has 0 radical (unpaired) electrons. The monoisotopic (exact) mass is 294 g/mol. The maximum absolute atomic E-state index is 4.30. The summed E-state index contributed by atoms with van der Waals surface area (Å²) in [5, 5.41) is 7.50. The second-order valence-corrected chi connectivity index (χ2v) is 4.76. The molecule has 0 bridgehead atoms. The van der Waals surface area contributed by atoms with E-state index in [1.54, 1.807) is 0 Å². The molecule has 0 atom stereocenters. The van der Waals surface area contributed by atoms with Crippen LogP contribution in [0.2, 0.25) is 0 Å². The first-order chi connectivity index (χ1) is 8.25. The second-order valence-electron chi connectivity index (χ2n) is 3.84. The van der Waals surface area contributed by atoms with Crippen molar-refractivity contribution in [2.75, 3.05) is 6.54 Å². The summed E-state index contributed by atoms with van der Waals surface area (Å²) in [7, 11) is 1.96. The normalized spacial score (nSPS) is 10.7. The maximum Gasteiger partial charge on any atom is 0.0542 e. The van der Waals surface area contributed by atoms with Crippen molar-refractivity contribution in [3.8, 4) is 0 Å². The molecule has 4 nitrogen and oxygen atoms in total. The Morgan fingerprint density at radius 3 is 2.88 bits per heavy atom. The Balaban J connectivity index is 1.73. The van der Waals surface area contributed by atoms with Crippen molar-refractivity contribution >= 4 is 15.9 Å². The summed E-state index contributed by atoms with van der Waals surface area (Å²) in [6, 6.07) is 6.06. The molecule has 0 amide bonds. The highest BCUT2D eigenvalue weighted by Crippen LogP contribution is 2.07. The van der Waals surface area contributed by atoms with Gasteiger partial charge in [-0.3, -0.25) is 9.67 Å². The molecule has 0 aromatic carbocycles. The highest BCUT2D eigenvalue weighted by atomic mass is 79.9. The molecule has 0 spiro atoms. The molecular formula is C12H15BrN4. The van der Waals surface area contributed by atoms with E-state index in [1.165, 1.54) is 5.69 Å². The van der Waals surface area contributed by atoms with Crippen molar-refractivity contribution in [1.29, 1.82) is 0 Å². The second kappa shape index (κ2) is 5.93. The lowest BCUT2D eigenvalue weighted by Crippen LogP contribution is -2.18. The van der Waals surface area contributed by atoms with Gasteiger partial charge < -0.3 is 5.32 Å². The number of nitrogens with one attached hydrogen (secondary N) is 1. The van der Waals surface area contributed by atoms with Crippen LogP contribution < -0.4 is 5.32 Å². The third-order valence-electron chi connectivity index (χ3n) is 2.58. The third kappa shape index (κ3) is 3.64. The van der Waals surface area contributed by atoms with Crippen molar-refractivity contribution in [1.82, 2.24) is 20.1 Å². The summed E-state index contributed by atoms with van der Waals surface area (Å²) in [4.78, 5) is 4.30. The molecule has 0 fully saturated rings. The molecule has 1 N–H and O–H groups in total. The molecule has 2 aromatic rings. The van der Waals surface area contributed by atoms with Crippen molar-refractivity contribution in [3.05, 3.63) is 46.5 Å². The fourth-order valence-electron chi connectivity index (χ4n) is 1.59. The summed E-state index contributed by atoms with van der Waals surface area (Å²) in [6.07, 6.45) is 4.62. The number of rotatable bonds is 5. The van der Waals surface area contributed by atoms with Crippen molar-refractivity contribution in [2.45, 2.75) is 13.0 Å². The van der Waals surface area contributed by atoms with Gasteiger partial charge in [0.05, 0.1) is 5.69 Å². The van der Waals surface area contributed by atoms with Gasteiger partial charge in [-0.2, -0.15) is 5.10 Å². The van der Waals surface area contributed by atoms with E-state index in [4.69, 9.17) is 0 Å². The highest BCUT2D eigenvalue weighted by Gasteiger charge is 1.98. The van der Waals surface area contributed by atoms with Gasteiger partial charge in [0.15, 0.2) is 0 Å². The van der Waals surface area contributed by atoms with Gasteiger partial charge in [-0.1, -0.05) is 0 Å². The molecule has 90 valence electrons. The number of pyridine rings is 1. The third-order valence-corrected chi connectivity index (χ3v) is 3.04. The number of aryl methyl sites for hydroxylation is 1. The molecule has 0 unspecified atom stereocenters. The SMILES string of the molecule is Cn1nccc1CCNCc1ccc(Br)cn1. The number of nitrogens with zero attached hydrogens (tertiary/aromatic N) is 3. The quantitative estimate of drug-likeness (QED) is 0.857. The molecule has 0 aliphatic carbocycles. The molecular weight excluding hydrogens is 280 g/mol. The van der Waals surface area contributed by atoms with Crippen LogP contribution in [0, 0.1) is 0 Å². The number of halogens is 1. The number of hydrogen-bond acceptors (Lipinski definition) is 3. The first kappa shape index (κ1) is 12.3. The van der Waals surface area contributed by atoms with Gasteiger partial charge in [-0.15, -0.1) is 0 Å². The van der Waals surface area contributed by atoms with Gasteiger partial charge in [0.25, 0.3) is 0 Å². The largest absolute Gasteiger partial charge is 0.311 e. The van der Waals surface area contributed by atoms with Gasteiger partial charge in [-0.25, -0.2) is 0 Å². The zero-order valence-electron chi connectivity index (χ0n) is 9.73. The summed E-state index contributed by atoms with van der Waals surface area (Å²) in [5.41, 5.74) is 2.29. The van der Waals surface area contributed by atoms with Crippen molar-refractivity contribution < 1.29 is 0 Å². The molecule has 17 heavy (non-hydrogen) atoms. The highest BCUT2D eigenvalue weighted by molar-refractivity contribution is 9.10. The topological polar surface area (TPSA) is 42.7 Å². The summed E-state index contributed by atoms with van der Waals surface area (Å²) >= 11 is 3.37. The fraction of sp³-hybridized carbons (Fsp3) is 0.333. The molecule has 0 saturated carbocycles. The molecule has 0 aliphatic rings. The summed E-state index contributed by atoms with van der Waals surface area (Å²) in [5.74, 6) is 0. The molecule has 0 aliphatic heterocycles. The Labute approximate surface area is 109 Å². The van der Waals surface area contributed by atoms with Crippen LogP contribution in [0.3, 0.4) is 0 Å². The maximum atomic E-state index is 4.30. The molecule has 5 heteroatoms. The average molecular weight is 295 g/mol. The number of aromatic nitrogens is 3. The standard InChI is InChI=1S/C12H15BrN4/c1-17-12(5-7-16-17)4-6-14-9-11-3-2-10(13)8-15-11/h2-3,5,7-8,14H,4,6,9H2,1H3. The first-order valence-electron chi connectivity index (χ1n) is 5.54. The van der Waals surface area contributed by atoms with Crippen LogP contribution >= 0.6 is 15.9 Å². The Bertz CT molecular complexity index is 464. The minimum absolute atomic E-state index is 0.797. The van der Waals surface area contributed by atoms with Crippen LogP contribution in [0.15, 0.2) is 35.1 Å². The molecule has 2 aromatic heterocycles. The Morgan fingerprint density at radius 2 is 2.24 bits per heavy atom. The van der Waals surface area contributed by atoms with Gasteiger partial charge in [0, 0.05) is 49.1 Å². The van der Waals surface area contributed by atoms with E-state index < -0.39 is 0 Å². The van der Waals surface area contributed by atoms with E-state index in [1.807, 2.05) is 42.3 Å². The Hall–Kier alpha value is -1.20. The summed E-state index contributed by atoms with van der Waals surface area (Å²) in [6.45, 7) is 1.72. The van der Waals surface area contributed by atoms with Gasteiger partial charge in [0.2, 0.25) is 0 Å². The van der Waals surface area contributed by atoms with Crippen molar-refractivity contribution in [2.24, 2.45) is 7.05 Å². The lowest BCUT2D eigenvalue weighted by Gasteiger charge is -2.05. The average Bonchev–Trinajstić information content (AvgIpc) is 2.73. The Morgan fingerprint density at radius 1 is 1.35 bits per heavy atom. The minimum Gasteiger partial charge on any atom is -0.311 e. The zero-order chi connectivity index (χ0) is 12.1. The molecule has 0 saturated heterocycles. The summed E-state index contributed by atoms with van der Waals surface area (Å²) < 4.78 is 2.91. The van der Waals surface area contributed by atoms with E-state index >= 15 is 0 Å². The van der Waals surface area contributed by atoms with Crippen LogP contribution in [-0.2, 0) is 20.0 Å². The minimum atomic E-state index is 0.797. The lowest BCUT2D eigenvalue weighted by molar-refractivity contribution is 0.637. The van der Waals surface area contributed by atoms with Crippen LogP contribution in [-0.4, -0.2) is 21.3 Å². The van der Waals surface area contributed by atoms with Crippen molar-refractivity contribution in [3.63, 3.8) is 0 Å². The van der Waals surface area contributed by atoms with Crippen LogP contribution in [0.25, 0.3) is 0 Å². The smallest absolute Gasteiger partial charge is 0.0542 e. The van der Waals surface area contributed by atoms with Gasteiger partial charge >= 0.3 is 0 Å². The van der Waals surface area contributed by atoms with E-state index in [0.29, 0.717) is 0 Å². The van der Waals surface area contributed by atoms with E-state index in [0.717, 1.165) is 29.7 Å². The number of hydrogen-bond donors (Lipinski definition) is 1. The first-order valence-corrected chi connectivity index (χ1v) is 6.33. The van der Waals surface area contributed by atoms with Crippen LogP contribution in [0.4, 0.5) is 0 Å². The predicted molar refractivity (Wildman–Crippen MR) is 70.6 cm³/mol. The van der Waals surface area contributed by atoms with Crippen LogP contribution in [0.5, 0.6) is 0 Å². The van der Waals surface area contributed by atoms with Gasteiger partial charge in [-0.05, 0) is 34.1 Å². The Kier molecular flexibility index (Phi) is 4.28. The van der Waals surface area contributed by atoms with E-state index in [-0.39, 0.29) is 0 Å². The van der Waals surface area contributed by atoms with E-state index in [9.17, 15) is 0 Å². The fourth-order valence-corrected chi connectivity index (χ4v) is 1.83.